The highest BCUT2D eigenvalue weighted by Gasteiger charge is 2.22. The van der Waals surface area contributed by atoms with E-state index in [0.29, 0.717) is 5.25 Å². The van der Waals surface area contributed by atoms with Gasteiger partial charge in [0.05, 0.1) is 0 Å². The van der Waals surface area contributed by atoms with Gasteiger partial charge in [0.15, 0.2) is 5.65 Å². The van der Waals surface area contributed by atoms with Crippen molar-refractivity contribution in [3.8, 4) is 0 Å². The van der Waals surface area contributed by atoms with Crippen LogP contribution >= 0.6 is 11.8 Å². The molecule has 0 radical (unpaired) electrons. The van der Waals surface area contributed by atoms with Gasteiger partial charge in [0, 0.05) is 36.5 Å². The Kier molecular flexibility index (Phi) is 3.64. The molecule has 110 valence electrons. The first-order valence-electron chi connectivity index (χ1n) is 7.39. The third kappa shape index (κ3) is 2.64. The van der Waals surface area contributed by atoms with E-state index in [1.54, 1.807) is 12.4 Å². The number of fused-ring (bicyclic) bond motifs is 1. The Bertz CT molecular complexity index is 778. The van der Waals surface area contributed by atoms with Crippen LogP contribution in [0.25, 0.3) is 11.2 Å². The predicted molar refractivity (Wildman–Crippen MR) is 91.2 cm³/mol. The van der Waals surface area contributed by atoms with Crippen LogP contribution in [-0.4, -0.2) is 33.8 Å². The summed E-state index contributed by atoms with van der Waals surface area (Å²) in [7, 11) is 0. The molecule has 4 nitrogen and oxygen atoms in total. The maximum absolute atomic E-state index is 4.67. The van der Waals surface area contributed by atoms with Crippen LogP contribution in [0.15, 0.2) is 54.9 Å². The van der Waals surface area contributed by atoms with Crippen molar-refractivity contribution in [2.75, 3.05) is 23.7 Å². The van der Waals surface area contributed by atoms with Crippen molar-refractivity contribution in [2.24, 2.45) is 0 Å². The average Bonchev–Trinajstić information content (AvgIpc) is 2.62. The molecule has 0 unspecified atom stereocenters. The lowest BCUT2D eigenvalue weighted by Crippen LogP contribution is -2.34. The highest BCUT2D eigenvalue weighted by Crippen LogP contribution is 2.34. The van der Waals surface area contributed by atoms with E-state index in [-0.39, 0.29) is 0 Å². The molecule has 5 heteroatoms. The minimum atomic E-state index is 0.495. The second-order valence-electron chi connectivity index (χ2n) is 5.28. The van der Waals surface area contributed by atoms with Crippen molar-refractivity contribution in [2.45, 2.75) is 5.25 Å². The molecule has 3 heterocycles. The van der Waals surface area contributed by atoms with E-state index >= 15 is 0 Å². The minimum Gasteiger partial charge on any atom is -0.354 e. The third-order valence-electron chi connectivity index (χ3n) is 3.88. The lowest BCUT2D eigenvalue weighted by molar-refractivity contribution is 0.765. The van der Waals surface area contributed by atoms with Crippen molar-refractivity contribution in [3.63, 3.8) is 0 Å². The van der Waals surface area contributed by atoms with E-state index in [4.69, 9.17) is 0 Å². The van der Waals surface area contributed by atoms with Crippen LogP contribution < -0.4 is 4.90 Å². The molecule has 1 fully saturated rings. The summed E-state index contributed by atoms with van der Waals surface area (Å²) < 4.78 is 0. The summed E-state index contributed by atoms with van der Waals surface area (Å²) in [6.45, 7) is 2.00. The number of aromatic nitrogens is 3. The average molecular weight is 308 g/mol. The molecule has 22 heavy (non-hydrogen) atoms. The molecule has 1 saturated heterocycles. The van der Waals surface area contributed by atoms with Crippen LogP contribution in [0.2, 0.25) is 0 Å². The molecular formula is C17H16N4S. The number of benzene rings is 1. The lowest BCUT2D eigenvalue weighted by atomic mass is 10.1. The molecule has 0 aliphatic carbocycles. The molecule has 1 aliphatic rings. The second-order valence-corrected chi connectivity index (χ2v) is 6.60. The smallest absolute Gasteiger partial charge is 0.180 e. The van der Waals surface area contributed by atoms with E-state index < -0.39 is 0 Å². The van der Waals surface area contributed by atoms with Gasteiger partial charge in [-0.2, -0.15) is 11.8 Å². The largest absolute Gasteiger partial charge is 0.354 e. The Morgan fingerprint density at radius 1 is 1.00 bits per heavy atom. The van der Waals surface area contributed by atoms with Crippen LogP contribution in [0.4, 0.5) is 5.82 Å². The highest BCUT2D eigenvalue weighted by atomic mass is 32.2. The van der Waals surface area contributed by atoms with Crippen LogP contribution in [0, 0.1) is 0 Å². The molecule has 3 aromatic rings. The van der Waals surface area contributed by atoms with Crippen molar-refractivity contribution in [1.29, 1.82) is 0 Å². The zero-order valence-electron chi connectivity index (χ0n) is 12.1. The molecule has 0 N–H and O–H groups in total. The van der Waals surface area contributed by atoms with E-state index in [1.165, 1.54) is 5.56 Å². The molecule has 2 aromatic heterocycles. The number of hydrogen-bond donors (Lipinski definition) is 0. The summed E-state index contributed by atoms with van der Waals surface area (Å²) in [6.07, 6.45) is 3.39. The SMILES string of the molecule is c1ccc([C@@H]2CN(c3ccc4nccnc4n3)CCS2)cc1. The zero-order valence-corrected chi connectivity index (χ0v) is 12.9. The monoisotopic (exact) mass is 308 g/mol. The Morgan fingerprint density at radius 3 is 2.77 bits per heavy atom. The third-order valence-corrected chi connectivity index (χ3v) is 5.12. The van der Waals surface area contributed by atoms with Crippen LogP contribution in [-0.2, 0) is 0 Å². The van der Waals surface area contributed by atoms with Gasteiger partial charge in [-0.05, 0) is 17.7 Å². The molecular weight excluding hydrogens is 292 g/mol. The first-order valence-corrected chi connectivity index (χ1v) is 8.44. The molecule has 4 rings (SSSR count). The number of anilines is 1. The highest BCUT2D eigenvalue weighted by molar-refractivity contribution is 7.99. The summed E-state index contributed by atoms with van der Waals surface area (Å²) in [5.74, 6) is 2.11. The van der Waals surface area contributed by atoms with Gasteiger partial charge in [-0.1, -0.05) is 30.3 Å². The van der Waals surface area contributed by atoms with Gasteiger partial charge < -0.3 is 4.90 Å². The normalized spacial score (nSPS) is 18.5. The predicted octanol–water partition coefficient (Wildman–Crippen LogP) is 3.32. The fraction of sp³-hybridized carbons (Fsp3) is 0.235. The van der Waals surface area contributed by atoms with E-state index in [9.17, 15) is 0 Å². The maximum Gasteiger partial charge on any atom is 0.180 e. The molecule has 1 atom stereocenters. The van der Waals surface area contributed by atoms with Gasteiger partial charge in [0.1, 0.15) is 11.3 Å². The summed E-state index contributed by atoms with van der Waals surface area (Å²) >= 11 is 2.02. The molecule has 0 saturated carbocycles. The van der Waals surface area contributed by atoms with Crippen molar-refractivity contribution >= 4 is 28.7 Å². The Labute approximate surface area is 133 Å². The van der Waals surface area contributed by atoms with Crippen LogP contribution in [0.5, 0.6) is 0 Å². The first-order chi connectivity index (χ1) is 10.9. The molecule has 1 aliphatic heterocycles. The van der Waals surface area contributed by atoms with Gasteiger partial charge in [0.25, 0.3) is 0 Å². The van der Waals surface area contributed by atoms with Crippen molar-refractivity contribution in [3.05, 3.63) is 60.4 Å². The van der Waals surface area contributed by atoms with Crippen LogP contribution in [0.1, 0.15) is 10.8 Å². The topological polar surface area (TPSA) is 41.9 Å². The van der Waals surface area contributed by atoms with Gasteiger partial charge in [0.2, 0.25) is 0 Å². The van der Waals surface area contributed by atoms with E-state index in [2.05, 4.69) is 56.3 Å². The Hall–Kier alpha value is -2.14. The maximum atomic E-state index is 4.67. The molecule has 0 amide bonds. The molecule has 1 aromatic carbocycles. The fourth-order valence-electron chi connectivity index (χ4n) is 2.75. The van der Waals surface area contributed by atoms with Gasteiger partial charge in [-0.25, -0.2) is 9.97 Å². The first kappa shape index (κ1) is 13.5. The lowest BCUT2D eigenvalue weighted by Gasteiger charge is -2.33. The zero-order chi connectivity index (χ0) is 14.8. The van der Waals surface area contributed by atoms with E-state index in [0.717, 1.165) is 35.8 Å². The summed E-state index contributed by atoms with van der Waals surface area (Å²) in [6, 6.07) is 14.8. The number of nitrogens with zero attached hydrogens (tertiary/aromatic N) is 4. The Morgan fingerprint density at radius 2 is 1.86 bits per heavy atom. The second kappa shape index (κ2) is 5.93. The number of pyridine rings is 1. The van der Waals surface area contributed by atoms with Crippen LogP contribution in [0.3, 0.4) is 0 Å². The summed E-state index contributed by atoms with van der Waals surface area (Å²) in [4.78, 5) is 15.6. The van der Waals surface area contributed by atoms with Gasteiger partial charge in [-0.3, -0.25) is 4.98 Å². The quantitative estimate of drug-likeness (QED) is 0.726. The van der Waals surface area contributed by atoms with Gasteiger partial charge >= 0.3 is 0 Å². The summed E-state index contributed by atoms with van der Waals surface area (Å²) in [5, 5.41) is 0.495. The number of hydrogen-bond acceptors (Lipinski definition) is 5. The number of rotatable bonds is 2. The Balaban J connectivity index is 1.61. The standard InChI is InChI=1S/C17H16N4S/c1-2-4-13(5-3-1)15-12-21(10-11-22-15)16-7-6-14-17(20-16)19-9-8-18-14/h1-9,15H,10-12H2/t15-/m0/s1. The van der Waals surface area contributed by atoms with Gasteiger partial charge in [-0.15, -0.1) is 0 Å². The fourth-order valence-corrected chi connectivity index (χ4v) is 3.99. The minimum absolute atomic E-state index is 0.495. The molecule has 0 bridgehead atoms. The van der Waals surface area contributed by atoms with E-state index in [1.807, 2.05) is 17.8 Å². The summed E-state index contributed by atoms with van der Waals surface area (Å²) in [5.41, 5.74) is 2.95. The van der Waals surface area contributed by atoms with Crippen molar-refractivity contribution < 1.29 is 0 Å². The molecule has 0 spiro atoms. The van der Waals surface area contributed by atoms with Crippen molar-refractivity contribution in [1.82, 2.24) is 15.0 Å². The number of thioether (sulfide) groups is 1.